The molecule has 1 heterocycles. The summed E-state index contributed by atoms with van der Waals surface area (Å²) in [5.41, 5.74) is 1.29. The van der Waals surface area contributed by atoms with Gasteiger partial charge in [0.1, 0.15) is 17.8 Å². The van der Waals surface area contributed by atoms with Crippen molar-refractivity contribution in [3.63, 3.8) is 0 Å². The number of nitrogens with zero attached hydrogens (tertiary/aromatic N) is 1. The third kappa shape index (κ3) is 2.71. The molecule has 27 heavy (non-hydrogen) atoms. The van der Waals surface area contributed by atoms with Crippen LogP contribution in [0.4, 0.5) is 10.5 Å². The molecule has 1 aliphatic heterocycles. The Morgan fingerprint density at radius 2 is 1.93 bits per heavy atom. The van der Waals surface area contributed by atoms with Gasteiger partial charge in [-0.15, -0.1) is 0 Å². The highest BCUT2D eigenvalue weighted by atomic mass is 16.5. The van der Waals surface area contributed by atoms with Crippen molar-refractivity contribution in [2.45, 2.75) is 18.4 Å². The quantitative estimate of drug-likeness (QED) is 0.812. The minimum atomic E-state index is -1.06. The largest absolute Gasteiger partial charge is 0.495 e. The molecule has 4 amide bonds. The molecule has 1 aliphatic carbocycles. The molecule has 1 fully saturated rings. The third-order valence-corrected chi connectivity index (χ3v) is 5.10. The van der Waals surface area contributed by atoms with Gasteiger partial charge in [-0.2, -0.15) is 0 Å². The van der Waals surface area contributed by atoms with Crippen molar-refractivity contribution < 1.29 is 19.1 Å². The first kappa shape index (κ1) is 17.1. The summed E-state index contributed by atoms with van der Waals surface area (Å²) in [4.78, 5) is 38.9. The van der Waals surface area contributed by atoms with Crippen LogP contribution in [-0.2, 0) is 21.5 Å². The van der Waals surface area contributed by atoms with Gasteiger partial charge in [-0.1, -0.05) is 36.4 Å². The summed E-state index contributed by atoms with van der Waals surface area (Å²) < 4.78 is 5.20. The van der Waals surface area contributed by atoms with E-state index in [1.165, 1.54) is 7.11 Å². The lowest BCUT2D eigenvalue weighted by molar-refractivity contribution is -0.134. The lowest BCUT2D eigenvalue weighted by Gasteiger charge is -2.22. The first-order valence-electron chi connectivity index (χ1n) is 8.70. The van der Waals surface area contributed by atoms with E-state index in [0.717, 1.165) is 16.0 Å². The molecule has 7 nitrogen and oxygen atoms in total. The van der Waals surface area contributed by atoms with Crippen LogP contribution in [0.1, 0.15) is 17.5 Å². The number of ether oxygens (including phenoxy) is 1. The van der Waals surface area contributed by atoms with E-state index >= 15 is 0 Å². The summed E-state index contributed by atoms with van der Waals surface area (Å²) in [5.74, 6) is -0.344. The number of fused-ring (bicyclic) bond motifs is 2. The Morgan fingerprint density at radius 1 is 1.19 bits per heavy atom. The zero-order valence-electron chi connectivity index (χ0n) is 14.8. The molecule has 4 rings (SSSR count). The number of nitrogens with one attached hydrogen (secondary N) is 2. The maximum Gasteiger partial charge on any atom is 0.325 e. The number of para-hydroxylation sites is 2. The first-order chi connectivity index (χ1) is 13.0. The van der Waals surface area contributed by atoms with Crippen LogP contribution in [0.5, 0.6) is 5.75 Å². The Hall–Kier alpha value is -3.35. The van der Waals surface area contributed by atoms with Gasteiger partial charge in [0.05, 0.1) is 12.8 Å². The number of hydrogen-bond acceptors (Lipinski definition) is 4. The maximum absolute atomic E-state index is 13.1. The molecule has 2 N–H and O–H groups in total. The average molecular weight is 365 g/mol. The fourth-order valence-electron chi connectivity index (χ4n) is 3.81. The average Bonchev–Trinajstić information content (AvgIpc) is 3.16. The summed E-state index contributed by atoms with van der Waals surface area (Å²) in [5, 5.41) is 5.50. The topological polar surface area (TPSA) is 87.7 Å². The second-order valence-electron chi connectivity index (χ2n) is 6.63. The number of carbonyl (C=O) groups is 3. The Balaban J connectivity index is 1.53. The highest BCUT2D eigenvalue weighted by Gasteiger charge is 2.55. The van der Waals surface area contributed by atoms with Crippen molar-refractivity contribution in [2.24, 2.45) is 0 Å². The van der Waals surface area contributed by atoms with E-state index in [1.54, 1.807) is 24.3 Å². The van der Waals surface area contributed by atoms with E-state index < -0.39 is 17.5 Å². The van der Waals surface area contributed by atoms with Crippen molar-refractivity contribution in [3.05, 3.63) is 59.7 Å². The Labute approximate surface area is 156 Å². The molecule has 2 aromatic rings. The molecule has 1 spiro atoms. The number of benzene rings is 2. The van der Waals surface area contributed by atoms with Crippen LogP contribution in [0.25, 0.3) is 0 Å². The van der Waals surface area contributed by atoms with Gasteiger partial charge in [0, 0.05) is 0 Å². The number of carbonyl (C=O) groups excluding carboxylic acids is 3. The van der Waals surface area contributed by atoms with Gasteiger partial charge in [-0.25, -0.2) is 4.79 Å². The molecule has 138 valence electrons. The molecule has 2 aliphatic rings. The van der Waals surface area contributed by atoms with Gasteiger partial charge in [-0.05, 0) is 36.1 Å². The van der Waals surface area contributed by atoms with Crippen LogP contribution in [0, 0.1) is 0 Å². The number of anilines is 1. The molecule has 0 radical (unpaired) electrons. The van der Waals surface area contributed by atoms with Crippen LogP contribution in [-0.4, -0.2) is 36.4 Å². The van der Waals surface area contributed by atoms with E-state index in [0.29, 0.717) is 24.3 Å². The van der Waals surface area contributed by atoms with Crippen molar-refractivity contribution >= 4 is 23.5 Å². The Bertz CT molecular complexity index is 942. The fourth-order valence-corrected chi connectivity index (χ4v) is 3.81. The van der Waals surface area contributed by atoms with Crippen LogP contribution in [0.3, 0.4) is 0 Å². The van der Waals surface area contributed by atoms with Gasteiger partial charge in [0.15, 0.2) is 0 Å². The highest BCUT2D eigenvalue weighted by molar-refractivity contribution is 6.11. The molecular formula is C20H19N3O4. The normalized spacial score (nSPS) is 20.6. The van der Waals surface area contributed by atoms with Crippen molar-refractivity contribution in [3.8, 4) is 5.75 Å². The summed E-state index contributed by atoms with van der Waals surface area (Å²) in [6.07, 6.45) is 1.21. The monoisotopic (exact) mass is 365 g/mol. The summed E-state index contributed by atoms with van der Waals surface area (Å²) in [6.45, 7) is -0.355. The Morgan fingerprint density at radius 3 is 2.74 bits per heavy atom. The van der Waals surface area contributed by atoms with E-state index in [-0.39, 0.29) is 12.5 Å². The van der Waals surface area contributed by atoms with Crippen LogP contribution in [0.2, 0.25) is 0 Å². The number of aryl methyl sites for hydroxylation is 1. The molecule has 7 heteroatoms. The summed E-state index contributed by atoms with van der Waals surface area (Å²) >= 11 is 0. The lowest BCUT2D eigenvalue weighted by atomic mass is 9.92. The number of urea groups is 1. The van der Waals surface area contributed by atoms with Crippen molar-refractivity contribution in [1.29, 1.82) is 0 Å². The van der Waals surface area contributed by atoms with Crippen LogP contribution in [0.15, 0.2) is 48.5 Å². The smallest absolute Gasteiger partial charge is 0.325 e. The summed E-state index contributed by atoms with van der Waals surface area (Å²) in [6, 6.07) is 14.0. The van der Waals surface area contributed by atoms with Gasteiger partial charge < -0.3 is 15.4 Å². The number of rotatable bonds is 4. The second-order valence-corrected chi connectivity index (χ2v) is 6.63. The minimum absolute atomic E-state index is 0.355. The molecule has 0 aromatic heterocycles. The minimum Gasteiger partial charge on any atom is -0.495 e. The van der Waals surface area contributed by atoms with E-state index in [4.69, 9.17) is 4.74 Å². The van der Waals surface area contributed by atoms with Gasteiger partial charge in [0.25, 0.3) is 5.91 Å². The standard InChI is InChI=1S/C20H19N3O4/c1-27-16-9-5-4-8-15(16)21-17(24)12-23-18(25)20(22-19(23)26)11-10-13-6-2-3-7-14(13)20/h2-9H,10-12H2,1H3,(H,21,24)(H,22,26)/t20-/m0/s1. The van der Waals surface area contributed by atoms with E-state index in [9.17, 15) is 14.4 Å². The van der Waals surface area contributed by atoms with Gasteiger partial charge in [0.2, 0.25) is 5.91 Å². The van der Waals surface area contributed by atoms with Crippen molar-refractivity contribution in [1.82, 2.24) is 10.2 Å². The first-order valence-corrected chi connectivity index (χ1v) is 8.70. The van der Waals surface area contributed by atoms with Crippen LogP contribution < -0.4 is 15.4 Å². The molecular weight excluding hydrogens is 346 g/mol. The number of hydrogen-bond donors (Lipinski definition) is 2. The van der Waals surface area contributed by atoms with E-state index in [1.807, 2.05) is 24.3 Å². The van der Waals surface area contributed by atoms with E-state index in [2.05, 4.69) is 10.6 Å². The third-order valence-electron chi connectivity index (χ3n) is 5.10. The molecule has 1 atom stereocenters. The lowest BCUT2D eigenvalue weighted by Crippen LogP contribution is -2.43. The van der Waals surface area contributed by atoms with Crippen molar-refractivity contribution in [2.75, 3.05) is 19.0 Å². The Kier molecular flexibility index (Phi) is 4.07. The molecule has 2 aromatic carbocycles. The second kappa shape index (κ2) is 6.42. The number of amides is 4. The van der Waals surface area contributed by atoms with Crippen LogP contribution >= 0.6 is 0 Å². The van der Waals surface area contributed by atoms with Gasteiger partial charge >= 0.3 is 6.03 Å². The SMILES string of the molecule is COc1ccccc1NC(=O)CN1C(=O)N[C@]2(CCc3ccccc32)C1=O. The zero-order chi connectivity index (χ0) is 19.0. The predicted octanol–water partition coefficient (Wildman–Crippen LogP) is 2.03. The molecule has 0 saturated carbocycles. The highest BCUT2D eigenvalue weighted by Crippen LogP contribution is 2.41. The zero-order valence-corrected chi connectivity index (χ0v) is 14.8. The molecule has 0 bridgehead atoms. The fraction of sp³-hybridized carbons (Fsp3) is 0.250. The molecule has 0 unspecified atom stereocenters. The molecule has 1 saturated heterocycles. The maximum atomic E-state index is 13.1. The summed E-state index contributed by atoms with van der Waals surface area (Å²) in [7, 11) is 1.50. The van der Waals surface area contributed by atoms with Gasteiger partial charge in [-0.3, -0.25) is 14.5 Å². The predicted molar refractivity (Wildman–Crippen MR) is 98.3 cm³/mol. The number of methoxy groups -OCH3 is 1. The number of imide groups is 1.